The lowest BCUT2D eigenvalue weighted by Gasteiger charge is -2.34. The summed E-state index contributed by atoms with van der Waals surface area (Å²) in [5.41, 5.74) is 2.56. The molecule has 1 amide bonds. The molecular formula is C24H29Cl2N3O3S. The van der Waals surface area contributed by atoms with E-state index in [0.29, 0.717) is 33.7 Å². The molecule has 2 heterocycles. The van der Waals surface area contributed by atoms with Gasteiger partial charge in [0.1, 0.15) is 5.00 Å². The van der Waals surface area contributed by atoms with Gasteiger partial charge in [-0.1, -0.05) is 35.7 Å². The van der Waals surface area contributed by atoms with Crippen molar-refractivity contribution in [2.75, 3.05) is 45.2 Å². The van der Waals surface area contributed by atoms with Gasteiger partial charge in [-0.05, 0) is 43.4 Å². The molecule has 4 rings (SSSR count). The molecule has 178 valence electrons. The van der Waals surface area contributed by atoms with Crippen LogP contribution in [-0.4, -0.2) is 61.5 Å². The van der Waals surface area contributed by atoms with Crippen LogP contribution in [0, 0.1) is 0 Å². The maximum absolute atomic E-state index is 12.8. The third kappa shape index (κ3) is 5.89. The van der Waals surface area contributed by atoms with Crippen molar-refractivity contribution in [3.05, 3.63) is 49.8 Å². The maximum atomic E-state index is 12.8. The maximum Gasteiger partial charge on any atom is 0.341 e. The predicted molar refractivity (Wildman–Crippen MR) is 134 cm³/mol. The molecule has 1 aromatic heterocycles. The molecule has 6 nitrogen and oxygen atoms in total. The highest BCUT2D eigenvalue weighted by atomic mass is 35.5. The van der Waals surface area contributed by atoms with Gasteiger partial charge in [-0.25, -0.2) is 4.79 Å². The second-order valence-electron chi connectivity index (χ2n) is 8.56. The number of esters is 1. The Bertz CT molecular complexity index is 998. The number of methoxy groups -OCH3 is 1. The van der Waals surface area contributed by atoms with Crippen LogP contribution in [0.25, 0.3) is 0 Å². The first-order chi connectivity index (χ1) is 16.0. The number of benzene rings is 1. The fourth-order valence-electron chi connectivity index (χ4n) is 4.53. The Morgan fingerprint density at radius 1 is 1.03 bits per heavy atom. The summed E-state index contributed by atoms with van der Waals surface area (Å²) in [7, 11) is 1.39. The second kappa shape index (κ2) is 11.2. The first-order valence-corrected chi connectivity index (χ1v) is 12.9. The normalized spacial score (nSPS) is 17.3. The monoisotopic (exact) mass is 509 g/mol. The summed E-state index contributed by atoms with van der Waals surface area (Å²) in [5, 5.41) is 5.00. The van der Waals surface area contributed by atoms with Gasteiger partial charge in [0, 0.05) is 53.2 Å². The number of aryl methyl sites for hydroxylation is 1. The molecule has 0 saturated carbocycles. The zero-order chi connectivity index (χ0) is 23.4. The van der Waals surface area contributed by atoms with E-state index in [4.69, 9.17) is 27.9 Å². The third-order valence-corrected chi connectivity index (χ3v) is 8.25. The van der Waals surface area contributed by atoms with E-state index in [1.807, 2.05) is 18.2 Å². The minimum Gasteiger partial charge on any atom is -0.465 e. The lowest BCUT2D eigenvalue weighted by molar-refractivity contribution is -0.117. The van der Waals surface area contributed by atoms with Crippen molar-refractivity contribution in [3.63, 3.8) is 0 Å². The molecule has 1 aliphatic carbocycles. The van der Waals surface area contributed by atoms with Gasteiger partial charge >= 0.3 is 5.97 Å². The van der Waals surface area contributed by atoms with Gasteiger partial charge in [0.2, 0.25) is 5.91 Å². The number of thiophene rings is 1. The number of hydrogen-bond donors (Lipinski definition) is 1. The number of ether oxygens (including phenoxy) is 1. The highest BCUT2D eigenvalue weighted by Gasteiger charge is 2.27. The number of fused-ring (bicyclic) bond motifs is 1. The fraction of sp³-hybridized carbons (Fsp3) is 0.500. The van der Waals surface area contributed by atoms with Gasteiger partial charge in [-0.15, -0.1) is 11.3 Å². The van der Waals surface area contributed by atoms with Gasteiger partial charge in [0.15, 0.2) is 0 Å². The van der Waals surface area contributed by atoms with Gasteiger partial charge in [0.05, 0.1) is 19.2 Å². The Morgan fingerprint density at radius 2 is 1.70 bits per heavy atom. The lowest BCUT2D eigenvalue weighted by Crippen LogP contribution is -2.48. The molecule has 0 bridgehead atoms. The molecule has 1 fully saturated rings. The Hall–Kier alpha value is -1.64. The number of rotatable bonds is 6. The average Bonchev–Trinajstić information content (AvgIpc) is 2.97. The van der Waals surface area contributed by atoms with Crippen LogP contribution in [0.1, 0.15) is 45.6 Å². The molecule has 9 heteroatoms. The SMILES string of the molecule is COC(=O)c1c(NC(=O)CN2CCN(Cc3c(Cl)cccc3Cl)CC2)sc2c1CCCCC2. The summed E-state index contributed by atoms with van der Waals surface area (Å²) in [5.74, 6) is -0.462. The van der Waals surface area contributed by atoms with Crippen molar-refractivity contribution in [2.45, 2.75) is 38.6 Å². The van der Waals surface area contributed by atoms with Crippen LogP contribution in [0.15, 0.2) is 18.2 Å². The smallest absolute Gasteiger partial charge is 0.341 e. The van der Waals surface area contributed by atoms with Crippen LogP contribution in [0.5, 0.6) is 0 Å². The van der Waals surface area contributed by atoms with Crippen molar-refractivity contribution in [2.24, 2.45) is 0 Å². The number of amides is 1. The van der Waals surface area contributed by atoms with E-state index in [1.165, 1.54) is 29.7 Å². The molecule has 2 aliphatic rings. The summed E-state index contributed by atoms with van der Waals surface area (Å²) in [6, 6.07) is 5.56. The first-order valence-electron chi connectivity index (χ1n) is 11.4. The van der Waals surface area contributed by atoms with Crippen LogP contribution in [0.3, 0.4) is 0 Å². The van der Waals surface area contributed by atoms with Crippen molar-refractivity contribution >= 4 is 51.4 Å². The van der Waals surface area contributed by atoms with Crippen LogP contribution in [0.2, 0.25) is 10.0 Å². The first kappa shape index (κ1) is 24.5. The summed E-state index contributed by atoms with van der Waals surface area (Å²) < 4.78 is 5.03. The third-order valence-electron chi connectivity index (χ3n) is 6.34. The van der Waals surface area contributed by atoms with Gasteiger partial charge < -0.3 is 10.1 Å². The van der Waals surface area contributed by atoms with Crippen LogP contribution < -0.4 is 5.32 Å². The summed E-state index contributed by atoms with van der Waals surface area (Å²) in [6.07, 6.45) is 5.16. The van der Waals surface area contributed by atoms with E-state index in [9.17, 15) is 9.59 Å². The van der Waals surface area contributed by atoms with E-state index in [2.05, 4.69) is 15.1 Å². The number of nitrogens with zero attached hydrogens (tertiary/aromatic N) is 2. The molecule has 1 saturated heterocycles. The number of hydrogen-bond acceptors (Lipinski definition) is 6. The van der Waals surface area contributed by atoms with Gasteiger partial charge in [0.25, 0.3) is 0 Å². The van der Waals surface area contributed by atoms with Crippen molar-refractivity contribution in [1.82, 2.24) is 9.80 Å². The largest absolute Gasteiger partial charge is 0.465 e. The minimum atomic E-state index is -0.364. The summed E-state index contributed by atoms with van der Waals surface area (Å²) in [4.78, 5) is 31.0. The number of halogens is 2. The summed E-state index contributed by atoms with van der Waals surface area (Å²) in [6.45, 7) is 4.21. The topological polar surface area (TPSA) is 61.9 Å². The molecule has 33 heavy (non-hydrogen) atoms. The van der Waals surface area contributed by atoms with Crippen LogP contribution >= 0.6 is 34.5 Å². The van der Waals surface area contributed by atoms with Crippen molar-refractivity contribution in [1.29, 1.82) is 0 Å². The second-order valence-corrected chi connectivity index (χ2v) is 10.5. The van der Waals surface area contributed by atoms with Crippen LogP contribution in [0.4, 0.5) is 5.00 Å². The van der Waals surface area contributed by atoms with E-state index in [-0.39, 0.29) is 11.9 Å². The Morgan fingerprint density at radius 3 is 2.39 bits per heavy atom. The number of carbonyl (C=O) groups excluding carboxylic acids is 2. The molecular weight excluding hydrogens is 481 g/mol. The molecule has 0 unspecified atom stereocenters. The molecule has 0 atom stereocenters. The van der Waals surface area contributed by atoms with Crippen molar-refractivity contribution in [3.8, 4) is 0 Å². The van der Waals surface area contributed by atoms with Crippen molar-refractivity contribution < 1.29 is 14.3 Å². The lowest BCUT2D eigenvalue weighted by atomic mass is 10.1. The zero-order valence-electron chi connectivity index (χ0n) is 18.8. The fourth-order valence-corrected chi connectivity index (χ4v) is 6.34. The predicted octanol–water partition coefficient (Wildman–Crippen LogP) is 4.87. The highest BCUT2D eigenvalue weighted by molar-refractivity contribution is 7.17. The number of nitrogens with one attached hydrogen (secondary N) is 1. The standard InChI is InChI=1S/C24H29Cl2N3O3S/c1-32-24(31)22-16-6-3-2-4-9-20(16)33-23(22)27-21(30)15-29-12-10-28(11-13-29)14-17-18(25)7-5-8-19(17)26/h5,7-8H,2-4,6,9-15H2,1H3,(H,27,30). The Balaban J connectivity index is 1.34. The molecule has 1 N–H and O–H groups in total. The quantitative estimate of drug-likeness (QED) is 0.444. The average molecular weight is 510 g/mol. The molecule has 0 radical (unpaired) electrons. The molecule has 2 aromatic rings. The van der Waals surface area contributed by atoms with Crippen LogP contribution in [-0.2, 0) is 28.9 Å². The van der Waals surface area contributed by atoms with E-state index >= 15 is 0 Å². The molecule has 0 spiro atoms. The molecule has 1 aromatic carbocycles. The summed E-state index contributed by atoms with van der Waals surface area (Å²) >= 11 is 14.1. The number of piperazine rings is 1. The van der Waals surface area contributed by atoms with Gasteiger partial charge in [-0.3, -0.25) is 14.6 Å². The number of anilines is 1. The van der Waals surface area contributed by atoms with E-state index < -0.39 is 0 Å². The Kier molecular flexibility index (Phi) is 8.30. The molecule has 1 aliphatic heterocycles. The van der Waals surface area contributed by atoms with E-state index in [1.54, 1.807) is 0 Å². The Labute approximate surface area is 208 Å². The highest BCUT2D eigenvalue weighted by Crippen LogP contribution is 2.38. The number of carbonyl (C=O) groups is 2. The van der Waals surface area contributed by atoms with E-state index in [0.717, 1.165) is 63.0 Å². The minimum absolute atomic E-state index is 0.0980. The van der Waals surface area contributed by atoms with Gasteiger partial charge in [-0.2, -0.15) is 0 Å². The zero-order valence-corrected chi connectivity index (χ0v) is 21.1.